The summed E-state index contributed by atoms with van der Waals surface area (Å²) in [6.07, 6.45) is 6.85. The van der Waals surface area contributed by atoms with E-state index in [4.69, 9.17) is 0 Å². The summed E-state index contributed by atoms with van der Waals surface area (Å²) in [5.74, 6) is 1.73. The smallest absolute Gasteiger partial charge is 0.124 e. The number of rotatable bonds is 2. The lowest BCUT2D eigenvalue weighted by molar-refractivity contribution is -0.112. The van der Waals surface area contributed by atoms with Gasteiger partial charge >= 0.3 is 0 Å². The van der Waals surface area contributed by atoms with Crippen LogP contribution in [0.2, 0.25) is 0 Å². The summed E-state index contributed by atoms with van der Waals surface area (Å²) in [4.78, 5) is 11.1. The molecule has 3 rings (SSSR count). The summed E-state index contributed by atoms with van der Waals surface area (Å²) in [5, 5.41) is 0. The predicted molar refractivity (Wildman–Crippen MR) is 59.5 cm³/mol. The number of carbonyl (C=O) groups is 1. The average molecular weight is 198 g/mol. The number of hydrogen-bond acceptors (Lipinski definition) is 1. The van der Waals surface area contributed by atoms with E-state index >= 15 is 0 Å². The lowest BCUT2D eigenvalue weighted by Gasteiger charge is -2.24. The molecule has 2 aliphatic carbocycles. The molecule has 1 nitrogen and oxygen atoms in total. The Morgan fingerprint density at radius 3 is 2.53 bits per heavy atom. The van der Waals surface area contributed by atoms with Crippen LogP contribution in [0.25, 0.3) is 0 Å². The number of allylic oxidation sites excluding steroid dienone is 2. The predicted octanol–water partition coefficient (Wildman–Crippen LogP) is 2.79. The van der Waals surface area contributed by atoms with E-state index in [0.29, 0.717) is 17.8 Å². The van der Waals surface area contributed by atoms with Crippen LogP contribution in [-0.2, 0) is 4.79 Å². The molecular weight excluding hydrogens is 184 g/mol. The molecule has 0 aliphatic heterocycles. The third-order valence-electron chi connectivity index (χ3n) is 3.86. The monoisotopic (exact) mass is 198 g/mol. The molecule has 1 aromatic carbocycles. The number of hydrogen-bond donors (Lipinski definition) is 0. The molecular formula is C14H14O. The van der Waals surface area contributed by atoms with Crippen LogP contribution in [0.4, 0.5) is 0 Å². The van der Waals surface area contributed by atoms with Gasteiger partial charge < -0.3 is 4.79 Å². The first-order valence-electron chi connectivity index (χ1n) is 5.58. The van der Waals surface area contributed by atoms with Gasteiger partial charge in [-0.05, 0) is 23.8 Å². The van der Waals surface area contributed by atoms with Gasteiger partial charge in [-0.3, -0.25) is 0 Å². The zero-order valence-electron chi connectivity index (χ0n) is 8.54. The van der Waals surface area contributed by atoms with Crippen LogP contribution in [0.5, 0.6) is 0 Å². The Hall–Kier alpha value is -1.37. The van der Waals surface area contributed by atoms with E-state index in [1.165, 1.54) is 12.0 Å². The normalized spacial score (nSPS) is 37.1. The fraction of sp³-hybridized carbons (Fsp3) is 0.357. The Bertz CT molecular complexity index is 393. The third-order valence-corrected chi connectivity index (χ3v) is 3.86. The van der Waals surface area contributed by atoms with Gasteiger partial charge in [0.05, 0.1) is 0 Å². The minimum atomic E-state index is 0.211. The number of benzene rings is 1. The number of carbonyl (C=O) groups excluding carboxylic acids is 1. The average Bonchev–Trinajstić information content (AvgIpc) is 2.89. The van der Waals surface area contributed by atoms with Crippen molar-refractivity contribution >= 4 is 6.29 Å². The zero-order chi connectivity index (χ0) is 10.3. The van der Waals surface area contributed by atoms with Gasteiger partial charge in [0.1, 0.15) is 6.29 Å². The minimum absolute atomic E-state index is 0.211. The Labute approximate surface area is 89.8 Å². The van der Waals surface area contributed by atoms with Gasteiger partial charge in [0.2, 0.25) is 0 Å². The molecule has 2 unspecified atom stereocenters. The number of fused-ring (bicyclic) bond motifs is 2. The van der Waals surface area contributed by atoms with Crippen molar-refractivity contribution in [3.8, 4) is 0 Å². The minimum Gasteiger partial charge on any atom is -0.303 e. The summed E-state index contributed by atoms with van der Waals surface area (Å²) in [6, 6.07) is 10.5. The van der Waals surface area contributed by atoms with Crippen molar-refractivity contribution in [2.45, 2.75) is 12.3 Å². The molecule has 2 aliphatic rings. The summed E-state index contributed by atoms with van der Waals surface area (Å²) in [7, 11) is 0. The molecule has 0 radical (unpaired) electrons. The van der Waals surface area contributed by atoms with E-state index in [-0.39, 0.29) is 5.92 Å². The van der Waals surface area contributed by atoms with E-state index in [9.17, 15) is 4.79 Å². The molecule has 2 bridgehead atoms. The molecule has 0 aromatic heterocycles. The molecule has 1 aromatic rings. The van der Waals surface area contributed by atoms with Crippen molar-refractivity contribution < 1.29 is 4.79 Å². The number of aldehydes is 1. The second kappa shape index (κ2) is 3.34. The Balaban J connectivity index is 1.99. The summed E-state index contributed by atoms with van der Waals surface area (Å²) in [6.45, 7) is 0. The van der Waals surface area contributed by atoms with Gasteiger partial charge in [-0.25, -0.2) is 0 Å². The molecule has 1 heteroatoms. The van der Waals surface area contributed by atoms with Crippen LogP contribution in [-0.4, -0.2) is 6.29 Å². The van der Waals surface area contributed by atoms with Crippen molar-refractivity contribution in [2.75, 3.05) is 0 Å². The molecule has 0 saturated heterocycles. The highest BCUT2D eigenvalue weighted by Gasteiger charge is 2.44. The van der Waals surface area contributed by atoms with E-state index in [1.54, 1.807) is 0 Å². The SMILES string of the molecule is O=CC1C2C=C[C@@H](C2)[C@@H]1c1ccccc1. The van der Waals surface area contributed by atoms with E-state index in [2.05, 4.69) is 36.4 Å². The molecule has 1 fully saturated rings. The topological polar surface area (TPSA) is 17.1 Å². The van der Waals surface area contributed by atoms with Crippen LogP contribution in [0.15, 0.2) is 42.5 Å². The van der Waals surface area contributed by atoms with Crippen molar-refractivity contribution in [3.63, 3.8) is 0 Å². The van der Waals surface area contributed by atoms with Crippen molar-refractivity contribution in [1.29, 1.82) is 0 Å². The second-order valence-corrected chi connectivity index (χ2v) is 4.60. The van der Waals surface area contributed by atoms with Gasteiger partial charge in [-0.1, -0.05) is 42.5 Å². The van der Waals surface area contributed by atoms with Crippen LogP contribution >= 0.6 is 0 Å². The van der Waals surface area contributed by atoms with Gasteiger partial charge in [0.25, 0.3) is 0 Å². The largest absolute Gasteiger partial charge is 0.303 e. The van der Waals surface area contributed by atoms with Gasteiger partial charge in [-0.2, -0.15) is 0 Å². The molecule has 0 spiro atoms. The van der Waals surface area contributed by atoms with E-state index in [0.717, 1.165) is 6.29 Å². The lowest BCUT2D eigenvalue weighted by Crippen LogP contribution is -2.18. The van der Waals surface area contributed by atoms with Crippen molar-refractivity contribution in [1.82, 2.24) is 0 Å². The van der Waals surface area contributed by atoms with Gasteiger partial charge in [0, 0.05) is 11.8 Å². The molecule has 4 atom stereocenters. The van der Waals surface area contributed by atoms with Crippen molar-refractivity contribution in [3.05, 3.63) is 48.0 Å². The fourth-order valence-electron chi connectivity index (χ4n) is 3.19. The van der Waals surface area contributed by atoms with E-state index in [1.807, 2.05) is 6.07 Å². The molecule has 0 amide bonds. The first-order valence-corrected chi connectivity index (χ1v) is 5.58. The summed E-state index contributed by atoms with van der Waals surface area (Å²) in [5.41, 5.74) is 1.33. The summed E-state index contributed by atoms with van der Waals surface area (Å²) >= 11 is 0. The quantitative estimate of drug-likeness (QED) is 0.527. The molecule has 0 heterocycles. The maximum absolute atomic E-state index is 11.1. The highest BCUT2D eigenvalue weighted by Crippen LogP contribution is 2.51. The Morgan fingerprint density at radius 2 is 1.80 bits per heavy atom. The highest BCUT2D eigenvalue weighted by atomic mass is 16.1. The van der Waals surface area contributed by atoms with E-state index < -0.39 is 0 Å². The highest BCUT2D eigenvalue weighted by molar-refractivity contribution is 5.59. The van der Waals surface area contributed by atoms with Crippen LogP contribution in [0.1, 0.15) is 17.9 Å². The van der Waals surface area contributed by atoms with Crippen LogP contribution < -0.4 is 0 Å². The molecule has 0 N–H and O–H groups in total. The molecule has 1 saturated carbocycles. The maximum Gasteiger partial charge on any atom is 0.124 e. The van der Waals surface area contributed by atoms with Crippen LogP contribution in [0.3, 0.4) is 0 Å². The van der Waals surface area contributed by atoms with Crippen LogP contribution in [0, 0.1) is 17.8 Å². The third kappa shape index (κ3) is 1.26. The fourth-order valence-corrected chi connectivity index (χ4v) is 3.19. The maximum atomic E-state index is 11.1. The molecule has 76 valence electrons. The first kappa shape index (κ1) is 8.90. The first-order chi connectivity index (χ1) is 7.40. The Morgan fingerprint density at radius 1 is 1.07 bits per heavy atom. The summed E-state index contributed by atoms with van der Waals surface area (Å²) < 4.78 is 0. The molecule has 15 heavy (non-hydrogen) atoms. The van der Waals surface area contributed by atoms with Crippen molar-refractivity contribution in [2.24, 2.45) is 17.8 Å². The lowest BCUT2D eigenvalue weighted by atomic mass is 9.79. The zero-order valence-corrected chi connectivity index (χ0v) is 8.54. The Kier molecular flexibility index (Phi) is 1.98. The van der Waals surface area contributed by atoms with Gasteiger partial charge in [0.15, 0.2) is 0 Å². The second-order valence-electron chi connectivity index (χ2n) is 4.60. The van der Waals surface area contributed by atoms with Gasteiger partial charge in [-0.15, -0.1) is 0 Å². The standard InChI is InChI=1S/C14H14O/c15-9-13-11-6-7-12(8-11)14(13)10-4-2-1-3-5-10/h1-7,9,11-14H,8H2/t11?,12-,13?,14-/m0/s1.